The number of hydrogen-bond acceptors (Lipinski definition) is 2. The second-order valence-corrected chi connectivity index (χ2v) is 6.92. The van der Waals surface area contributed by atoms with E-state index >= 15 is 0 Å². The van der Waals surface area contributed by atoms with Crippen LogP contribution in [-0.4, -0.2) is 22.5 Å². The van der Waals surface area contributed by atoms with Crippen molar-refractivity contribution in [2.75, 3.05) is 6.61 Å². The molecule has 2 aromatic heterocycles. The molecule has 122 valence electrons. The number of benzene rings is 2. The third kappa shape index (κ3) is 2.08. The predicted molar refractivity (Wildman–Crippen MR) is 101 cm³/mol. The van der Waals surface area contributed by atoms with Gasteiger partial charge in [0.25, 0.3) is 0 Å². The lowest BCUT2D eigenvalue weighted by Gasteiger charge is -2.02. The molecule has 0 saturated carbocycles. The quantitative estimate of drug-likeness (QED) is 0.457. The number of H-pyrrole nitrogens is 2. The zero-order valence-corrected chi connectivity index (χ0v) is 15.3. The van der Waals surface area contributed by atoms with Crippen molar-refractivity contribution in [3.8, 4) is 0 Å². The zero-order valence-electron chi connectivity index (χ0n) is 13.7. The number of esters is 1. The van der Waals surface area contributed by atoms with Crippen LogP contribution in [0.1, 0.15) is 28.5 Å². The van der Waals surface area contributed by atoms with E-state index in [2.05, 4.69) is 51.0 Å². The van der Waals surface area contributed by atoms with E-state index in [1.807, 2.05) is 19.9 Å². The maximum absolute atomic E-state index is 12.2. The molecule has 0 atom stereocenters. The number of aryl methyl sites for hydroxylation is 2. The third-order valence-electron chi connectivity index (χ3n) is 4.60. The van der Waals surface area contributed by atoms with Crippen molar-refractivity contribution >= 4 is 54.6 Å². The van der Waals surface area contributed by atoms with E-state index in [9.17, 15) is 4.79 Å². The molecule has 4 nitrogen and oxygen atoms in total. The van der Waals surface area contributed by atoms with E-state index < -0.39 is 0 Å². The van der Waals surface area contributed by atoms with Gasteiger partial charge < -0.3 is 14.7 Å². The molecule has 0 bridgehead atoms. The Hall–Kier alpha value is -2.27. The van der Waals surface area contributed by atoms with E-state index in [0.29, 0.717) is 12.3 Å². The topological polar surface area (TPSA) is 57.9 Å². The summed E-state index contributed by atoms with van der Waals surface area (Å²) in [5.74, 6) is -0.304. The molecule has 0 aliphatic heterocycles. The minimum atomic E-state index is -0.304. The first-order valence-corrected chi connectivity index (χ1v) is 8.70. The first-order chi connectivity index (χ1) is 11.5. The first kappa shape index (κ1) is 15.3. The molecule has 0 aliphatic carbocycles. The zero-order chi connectivity index (χ0) is 17.0. The van der Waals surface area contributed by atoms with Gasteiger partial charge >= 0.3 is 5.97 Å². The van der Waals surface area contributed by atoms with Crippen LogP contribution in [0.5, 0.6) is 0 Å². The number of ether oxygens (including phenoxy) is 1. The van der Waals surface area contributed by atoms with Gasteiger partial charge in [-0.15, -0.1) is 0 Å². The summed E-state index contributed by atoms with van der Waals surface area (Å²) in [7, 11) is 0. The van der Waals surface area contributed by atoms with Crippen LogP contribution in [-0.2, 0) is 4.74 Å². The molecule has 2 N–H and O–H groups in total. The summed E-state index contributed by atoms with van der Waals surface area (Å²) < 4.78 is 6.20. The van der Waals surface area contributed by atoms with Crippen LogP contribution in [0.15, 0.2) is 28.7 Å². The minimum absolute atomic E-state index is 0.304. The molecule has 0 aliphatic rings. The number of carbonyl (C=O) groups is 1. The van der Waals surface area contributed by atoms with E-state index in [1.54, 1.807) is 0 Å². The molecule has 0 fully saturated rings. The molecule has 24 heavy (non-hydrogen) atoms. The Morgan fingerprint density at radius 2 is 1.88 bits per heavy atom. The molecule has 0 unspecified atom stereocenters. The molecule has 0 radical (unpaired) electrons. The highest BCUT2D eigenvalue weighted by Gasteiger charge is 2.19. The second kappa shape index (κ2) is 5.38. The number of fused-ring (bicyclic) bond motifs is 4. The summed E-state index contributed by atoms with van der Waals surface area (Å²) in [5.41, 5.74) is 5.77. The van der Waals surface area contributed by atoms with Gasteiger partial charge in [-0.3, -0.25) is 0 Å². The fourth-order valence-corrected chi connectivity index (χ4v) is 3.88. The van der Waals surface area contributed by atoms with Gasteiger partial charge in [0.2, 0.25) is 0 Å². The van der Waals surface area contributed by atoms with Crippen LogP contribution in [0.3, 0.4) is 0 Å². The molecule has 0 spiro atoms. The molecule has 0 amide bonds. The molecule has 4 aromatic rings. The summed E-state index contributed by atoms with van der Waals surface area (Å²) in [5, 5.41) is 3.39. The van der Waals surface area contributed by atoms with Gasteiger partial charge in [-0.25, -0.2) is 4.79 Å². The smallest absolute Gasteiger partial charge is 0.355 e. The molecule has 0 saturated heterocycles. The Kier molecular flexibility index (Phi) is 3.42. The van der Waals surface area contributed by atoms with Crippen molar-refractivity contribution in [1.29, 1.82) is 0 Å². The second-order valence-electron chi connectivity index (χ2n) is 6.01. The van der Waals surface area contributed by atoms with Crippen molar-refractivity contribution in [1.82, 2.24) is 9.97 Å². The highest BCUT2D eigenvalue weighted by atomic mass is 79.9. The van der Waals surface area contributed by atoms with Crippen molar-refractivity contribution in [3.63, 3.8) is 0 Å². The van der Waals surface area contributed by atoms with Gasteiger partial charge in [0.15, 0.2) is 0 Å². The van der Waals surface area contributed by atoms with Crippen LogP contribution >= 0.6 is 15.9 Å². The van der Waals surface area contributed by atoms with Gasteiger partial charge in [0, 0.05) is 31.7 Å². The van der Waals surface area contributed by atoms with E-state index in [1.165, 1.54) is 0 Å². The van der Waals surface area contributed by atoms with Gasteiger partial charge in [-0.05, 0) is 56.2 Å². The van der Waals surface area contributed by atoms with E-state index in [0.717, 1.165) is 48.3 Å². The maximum Gasteiger partial charge on any atom is 0.355 e. The van der Waals surface area contributed by atoms with Gasteiger partial charge in [0.05, 0.1) is 12.1 Å². The lowest BCUT2D eigenvalue weighted by molar-refractivity contribution is 0.0520. The number of hydrogen-bond donors (Lipinski definition) is 2. The molecular formula is C19H17BrN2O2. The standard InChI is InChI=1S/C19H17BrN2O2/c1-4-24-19(23)18-10(3)16-9(2)17-13(8-15(16)22-18)12-7-11(20)5-6-14(12)21-17/h5-8,21-22H,4H2,1-3H3. The molecule has 2 aromatic carbocycles. The predicted octanol–water partition coefficient (Wildman–Crippen LogP) is 5.36. The average molecular weight is 385 g/mol. The number of carbonyl (C=O) groups excluding carboxylic acids is 1. The summed E-state index contributed by atoms with van der Waals surface area (Å²) in [6, 6.07) is 8.33. The van der Waals surface area contributed by atoms with Crippen molar-refractivity contribution in [3.05, 3.63) is 45.6 Å². The van der Waals surface area contributed by atoms with Gasteiger partial charge in [0.1, 0.15) is 5.69 Å². The lowest BCUT2D eigenvalue weighted by atomic mass is 10.0. The Labute approximate surface area is 147 Å². The van der Waals surface area contributed by atoms with Crippen LogP contribution in [0.4, 0.5) is 0 Å². The Morgan fingerprint density at radius 1 is 1.08 bits per heavy atom. The normalized spacial score (nSPS) is 11.7. The van der Waals surface area contributed by atoms with E-state index in [4.69, 9.17) is 4.74 Å². The fourth-order valence-electron chi connectivity index (χ4n) is 3.52. The Balaban J connectivity index is 2.08. The monoisotopic (exact) mass is 384 g/mol. The number of aromatic amines is 2. The minimum Gasteiger partial charge on any atom is -0.461 e. The summed E-state index contributed by atoms with van der Waals surface area (Å²) >= 11 is 3.54. The van der Waals surface area contributed by atoms with Crippen LogP contribution < -0.4 is 0 Å². The van der Waals surface area contributed by atoms with Crippen LogP contribution in [0.2, 0.25) is 0 Å². The van der Waals surface area contributed by atoms with Crippen molar-refractivity contribution < 1.29 is 9.53 Å². The van der Waals surface area contributed by atoms with Gasteiger partial charge in [-0.2, -0.15) is 0 Å². The fraction of sp³-hybridized carbons (Fsp3) is 0.211. The highest BCUT2D eigenvalue weighted by Crippen LogP contribution is 2.36. The average Bonchev–Trinajstić information content (AvgIpc) is 3.07. The molecule has 4 rings (SSSR count). The first-order valence-electron chi connectivity index (χ1n) is 7.91. The third-order valence-corrected chi connectivity index (χ3v) is 5.09. The maximum atomic E-state index is 12.2. The molecular weight excluding hydrogens is 368 g/mol. The number of aromatic nitrogens is 2. The summed E-state index contributed by atoms with van der Waals surface area (Å²) in [6.45, 7) is 6.23. The number of rotatable bonds is 2. The van der Waals surface area contributed by atoms with Crippen molar-refractivity contribution in [2.24, 2.45) is 0 Å². The summed E-state index contributed by atoms with van der Waals surface area (Å²) in [6.07, 6.45) is 0. The highest BCUT2D eigenvalue weighted by molar-refractivity contribution is 9.10. The van der Waals surface area contributed by atoms with E-state index in [-0.39, 0.29) is 5.97 Å². The Bertz CT molecular complexity index is 1120. The lowest BCUT2D eigenvalue weighted by Crippen LogP contribution is -2.06. The van der Waals surface area contributed by atoms with Crippen LogP contribution in [0.25, 0.3) is 32.7 Å². The summed E-state index contributed by atoms with van der Waals surface area (Å²) in [4.78, 5) is 18.9. The largest absolute Gasteiger partial charge is 0.461 e. The number of nitrogens with one attached hydrogen (secondary N) is 2. The molecule has 2 heterocycles. The van der Waals surface area contributed by atoms with Gasteiger partial charge in [-0.1, -0.05) is 15.9 Å². The Morgan fingerprint density at radius 3 is 2.62 bits per heavy atom. The number of halogens is 1. The SMILES string of the molecule is CCOC(=O)c1[nH]c2cc3c([nH]c4ccc(Br)cc43)c(C)c2c1C. The molecule has 5 heteroatoms. The van der Waals surface area contributed by atoms with Crippen LogP contribution in [0, 0.1) is 13.8 Å². The van der Waals surface area contributed by atoms with Crippen molar-refractivity contribution in [2.45, 2.75) is 20.8 Å².